The molecule has 0 spiro atoms. The summed E-state index contributed by atoms with van der Waals surface area (Å²) in [6.45, 7) is 6.60. The highest BCUT2D eigenvalue weighted by Crippen LogP contribution is 2.29. The first-order valence-corrected chi connectivity index (χ1v) is 11.4. The number of likely N-dealkylation sites (tertiary alicyclic amines) is 1. The van der Waals surface area contributed by atoms with Gasteiger partial charge in [-0.15, -0.1) is 0 Å². The third-order valence-corrected chi connectivity index (χ3v) is 7.33. The summed E-state index contributed by atoms with van der Waals surface area (Å²) < 4.78 is 28.8. The van der Waals surface area contributed by atoms with Crippen LogP contribution in [0, 0.1) is 5.92 Å². The molecule has 1 aromatic rings. The van der Waals surface area contributed by atoms with Crippen molar-refractivity contribution in [1.82, 2.24) is 9.62 Å². The van der Waals surface area contributed by atoms with Crippen molar-refractivity contribution in [3.8, 4) is 0 Å². The SMILES string of the molecule is CC1CCCN(C(C)CNS(=O)(=O)c2cc(C(=O)O)cc3c2CCCC3)C1. The molecule has 1 fully saturated rings. The second-order valence-corrected chi connectivity index (χ2v) is 9.80. The molecule has 1 saturated heterocycles. The molecule has 0 amide bonds. The van der Waals surface area contributed by atoms with Gasteiger partial charge >= 0.3 is 5.97 Å². The summed E-state index contributed by atoms with van der Waals surface area (Å²) in [5.41, 5.74) is 1.70. The van der Waals surface area contributed by atoms with E-state index in [-0.39, 0.29) is 16.5 Å². The van der Waals surface area contributed by atoms with Crippen molar-refractivity contribution in [2.24, 2.45) is 5.92 Å². The molecule has 0 saturated carbocycles. The van der Waals surface area contributed by atoms with E-state index in [2.05, 4.69) is 16.5 Å². The Bertz CT molecular complexity index is 806. The molecule has 2 aliphatic rings. The number of carboxylic acid groups (broad SMARTS) is 1. The lowest BCUT2D eigenvalue weighted by Gasteiger charge is -2.35. The van der Waals surface area contributed by atoms with Crippen LogP contribution in [0.15, 0.2) is 17.0 Å². The molecule has 7 heteroatoms. The van der Waals surface area contributed by atoms with Crippen molar-refractivity contribution in [3.63, 3.8) is 0 Å². The first-order valence-electron chi connectivity index (χ1n) is 9.90. The van der Waals surface area contributed by atoms with Crippen LogP contribution >= 0.6 is 0 Å². The minimum atomic E-state index is -3.75. The molecule has 0 bridgehead atoms. The molecule has 3 rings (SSSR count). The standard InChI is InChI=1S/C20H30N2O4S/c1-14-6-5-9-22(13-14)15(2)12-21-27(25,26)19-11-17(20(23)24)10-16-7-3-4-8-18(16)19/h10-11,14-15,21H,3-9,12-13H2,1-2H3,(H,23,24). The summed E-state index contributed by atoms with van der Waals surface area (Å²) in [5, 5.41) is 9.37. The quantitative estimate of drug-likeness (QED) is 0.775. The van der Waals surface area contributed by atoms with Crippen LogP contribution in [0.1, 0.15) is 61.0 Å². The molecule has 1 aliphatic carbocycles. The zero-order chi connectivity index (χ0) is 19.6. The second-order valence-electron chi connectivity index (χ2n) is 8.07. The number of aromatic carboxylic acids is 1. The molecule has 150 valence electrons. The van der Waals surface area contributed by atoms with Crippen LogP contribution < -0.4 is 4.72 Å². The molecular formula is C20H30N2O4S. The summed E-state index contributed by atoms with van der Waals surface area (Å²) in [7, 11) is -3.75. The van der Waals surface area contributed by atoms with Crippen LogP contribution in [-0.2, 0) is 22.9 Å². The summed E-state index contributed by atoms with van der Waals surface area (Å²) >= 11 is 0. The van der Waals surface area contributed by atoms with E-state index in [0.717, 1.165) is 49.9 Å². The molecule has 0 radical (unpaired) electrons. The topological polar surface area (TPSA) is 86.7 Å². The molecule has 2 atom stereocenters. The number of nitrogens with zero attached hydrogens (tertiary/aromatic N) is 1. The Morgan fingerprint density at radius 2 is 2.04 bits per heavy atom. The second kappa shape index (κ2) is 8.29. The smallest absolute Gasteiger partial charge is 0.335 e. The van der Waals surface area contributed by atoms with E-state index in [9.17, 15) is 18.3 Å². The van der Waals surface area contributed by atoms with Crippen molar-refractivity contribution >= 4 is 16.0 Å². The first-order chi connectivity index (χ1) is 12.8. The maximum absolute atomic E-state index is 13.0. The predicted molar refractivity (Wildman–Crippen MR) is 105 cm³/mol. The van der Waals surface area contributed by atoms with Crippen LogP contribution in [0.5, 0.6) is 0 Å². The summed E-state index contributed by atoms with van der Waals surface area (Å²) in [5.74, 6) is -0.451. The summed E-state index contributed by atoms with van der Waals surface area (Å²) in [4.78, 5) is 13.9. The average Bonchev–Trinajstić information content (AvgIpc) is 2.65. The molecule has 27 heavy (non-hydrogen) atoms. The number of nitrogens with one attached hydrogen (secondary N) is 1. The van der Waals surface area contributed by atoms with Gasteiger partial charge in [-0.1, -0.05) is 6.92 Å². The number of fused-ring (bicyclic) bond motifs is 1. The minimum Gasteiger partial charge on any atom is -0.478 e. The Hall–Kier alpha value is -1.44. The zero-order valence-corrected chi connectivity index (χ0v) is 17.0. The van der Waals surface area contributed by atoms with Crippen molar-refractivity contribution in [2.75, 3.05) is 19.6 Å². The van der Waals surface area contributed by atoms with Gasteiger partial charge in [-0.3, -0.25) is 4.90 Å². The van der Waals surface area contributed by atoms with E-state index < -0.39 is 16.0 Å². The first kappa shape index (κ1) is 20.3. The molecule has 0 aromatic heterocycles. The molecule has 2 unspecified atom stereocenters. The van der Waals surface area contributed by atoms with Crippen molar-refractivity contribution in [3.05, 3.63) is 28.8 Å². The maximum Gasteiger partial charge on any atom is 0.335 e. The minimum absolute atomic E-state index is 0.0499. The van der Waals surface area contributed by atoms with Gasteiger partial charge in [0.25, 0.3) is 0 Å². The number of carboxylic acids is 1. The fourth-order valence-corrected chi connectivity index (χ4v) is 5.71. The van der Waals surface area contributed by atoms with Gasteiger partial charge in [0.15, 0.2) is 0 Å². The number of carbonyl (C=O) groups is 1. The number of rotatable bonds is 6. The van der Waals surface area contributed by atoms with Crippen molar-refractivity contribution in [2.45, 2.75) is 63.3 Å². The van der Waals surface area contributed by atoms with Gasteiger partial charge in [-0.05, 0) is 81.2 Å². The largest absolute Gasteiger partial charge is 0.478 e. The van der Waals surface area contributed by atoms with Crippen molar-refractivity contribution in [1.29, 1.82) is 0 Å². The number of aryl methyl sites for hydroxylation is 1. The Morgan fingerprint density at radius 3 is 2.74 bits per heavy atom. The molecular weight excluding hydrogens is 364 g/mol. The summed E-state index contributed by atoms with van der Waals surface area (Å²) in [6.07, 6.45) is 5.69. The predicted octanol–water partition coefficient (Wildman–Crippen LogP) is 2.66. The van der Waals surface area contributed by atoms with E-state index in [1.807, 2.05) is 6.92 Å². The highest BCUT2D eigenvalue weighted by Gasteiger charge is 2.27. The lowest BCUT2D eigenvalue weighted by Crippen LogP contribution is -2.46. The zero-order valence-electron chi connectivity index (χ0n) is 16.2. The third kappa shape index (κ3) is 4.70. The normalized spacial score (nSPS) is 22.2. The fourth-order valence-electron chi connectivity index (χ4n) is 4.25. The molecule has 1 aromatic carbocycles. The van der Waals surface area contributed by atoms with Gasteiger partial charge in [0.05, 0.1) is 10.5 Å². The molecule has 2 N–H and O–H groups in total. The van der Waals surface area contributed by atoms with Crippen LogP contribution in [0.3, 0.4) is 0 Å². The molecule has 1 aliphatic heterocycles. The van der Waals surface area contributed by atoms with E-state index in [1.165, 1.54) is 12.5 Å². The Morgan fingerprint density at radius 1 is 1.30 bits per heavy atom. The van der Waals surface area contributed by atoms with Gasteiger partial charge in [-0.25, -0.2) is 17.9 Å². The van der Waals surface area contributed by atoms with Crippen LogP contribution in [0.2, 0.25) is 0 Å². The van der Waals surface area contributed by atoms with Gasteiger partial charge in [0.1, 0.15) is 0 Å². The van der Waals surface area contributed by atoms with E-state index in [1.54, 1.807) is 6.07 Å². The highest BCUT2D eigenvalue weighted by molar-refractivity contribution is 7.89. The third-order valence-electron chi connectivity index (χ3n) is 5.84. The maximum atomic E-state index is 13.0. The van der Waals surface area contributed by atoms with E-state index >= 15 is 0 Å². The number of hydrogen-bond acceptors (Lipinski definition) is 4. The number of hydrogen-bond donors (Lipinski definition) is 2. The van der Waals surface area contributed by atoms with E-state index in [4.69, 9.17) is 0 Å². The molecule has 6 nitrogen and oxygen atoms in total. The summed E-state index contributed by atoms with van der Waals surface area (Å²) in [6, 6.07) is 3.07. The van der Waals surface area contributed by atoms with Crippen LogP contribution in [0.4, 0.5) is 0 Å². The van der Waals surface area contributed by atoms with Crippen LogP contribution in [0.25, 0.3) is 0 Å². The Balaban J connectivity index is 1.80. The van der Waals surface area contributed by atoms with Gasteiger partial charge in [0, 0.05) is 19.1 Å². The van der Waals surface area contributed by atoms with Gasteiger partial charge in [-0.2, -0.15) is 0 Å². The van der Waals surface area contributed by atoms with Crippen molar-refractivity contribution < 1.29 is 18.3 Å². The number of benzene rings is 1. The van der Waals surface area contributed by atoms with E-state index in [0.29, 0.717) is 18.9 Å². The Kier molecular flexibility index (Phi) is 6.23. The number of piperidine rings is 1. The lowest BCUT2D eigenvalue weighted by molar-refractivity contribution is 0.0696. The monoisotopic (exact) mass is 394 g/mol. The fraction of sp³-hybridized carbons (Fsp3) is 0.650. The highest BCUT2D eigenvalue weighted by atomic mass is 32.2. The van der Waals surface area contributed by atoms with Crippen LogP contribution in [-0.4, -0.2) is 50.1 Å². The van der Waals surface area contributed by atoms with Gasteiger partial charge < -0.3 is 5.11 Å². The Labute approximate surface area is 162 Å². The number of sulfonamides is 1. The van der Waals surface area contributed by atoms with Gasteiger partial charge in [0.2, 0.25) is 10.0 Å². The molecule has 1 heterocycles. The lowest BCUT2D eigenvalue weighted by atomic mass is 9.90. The average molecular weight is 395 g/mol.